The van der Waals surface area contributed by atoms with Gasteiger partial charge in [0.25, 0.3) is 0 Å². The molecular weight excluding hydrogens is 268 g/mol. The first-order valence-electron chi connectivity index (χ1n) is 5.50. The predicted molar refractivity (Wildman–Crippen MR) is 69.0 cm³/mol. The topological polar surface area (TPSA) is 72.4 Å². The lowest BCUT2D eigenvalue weighted by molar-refractivity contribution is 0.0689. The van der Waals surface area contributed by atoms with E-state index in [1.807, 2.05) is 0 Å². The van der Waals surface area contributed by atoms with Crippen LogP contribution in [-0.4, -0.2) is 30.2 Å². The van der Waals surface area contributed by atoms with Crippen LogP contribution in [0.2, 0.25) is 5.02 Å². The number of carbonyl (C=O) groups is 1. The Hall–Kier alpha value is -2.34. The molecule has 0 aliphatic rings. The van der Waals surface area contributed by atoms with Crippen LogP contribution in [-0.2, 0) is 0 Å². The van der Waals surface area contributed by atoms with E-state index in [0.29, 0.717) is 16.4 Å². The molecule has 0 saturated carbocycles. The Morgan fingerprint density at radius 2 is 2.21 bits per heavy atom. The van der Waals surface area contributed by atoms with Gasteiger partial charge < -0.3 is 5.11 Å². The highest BCUT2D eigenvalue weighted by Gasteiger charge is 2.21. The number of hydrogen-bond donors (Lipinski definition) is 1. The Bertz CT molecular complexity index is 771. The Morgan fingerprint density at radius 1 is 1.42 bits per heavy atom. The van der Waals surface area contributed by atoms with Gasteiger partial charge in [0.05, 0.1) is 16.9 Å². The van der Waals surface area contributed by atoms with Crippen molar-refractivity contribution >= 4 is 23.2 Å². The van der Waals surface area contributed by atoms with Gasteiger partial charge in [0.2, 0.25) is 0 Å². The van der Waals surface area contributed by atoms with Gasteiger partial charge >= 0.3 is 5.97 Å². The van der Waals surface area contributed by atoms with Crippen LogP contribution in [0.3, 0.4) is 0 Å². The second kappa shape index (κ2) is 4.10. The molecule has 0 saturated heterocycles. The highest BCUT2D eigenvalue weighted by atomic mass is 35.5. The molecule has 19 heavy (non-hydrogen) atoms. The van der Waals surface area contributed by atoms with Crippen molar-refractivity contribution in [1.82, 2.24) is 19.2 Å². The van der Waals surface area contributed by atoms with Crippen LogP contribution in [0.5, 0.6) is 0 Å². The zero-order valence-electron chi connectivity index (χ0n) is 9.91. The largest absolute Gasteiger partial charge is 0.476 e. The summed E-state index contributed by atoms with van der Waals surface area (Å²) in [4.78, 5) is 15.7. The van der Waals surface area contributed by atoms with Gasteiger partial charge in [-0.15, -0.1) is 0 Å². The quantitative estimate of drug-likeness (QED) is 0.779. The molecule has 3 rings (SSSR count). The third kappa shape index (κ3) is 1.77. The Morgan fingerprint density at radius 3 is 2.84 bits per heavy atom. The minimum absolute atomic E-state index is 0.0507. The van der Waals surface area contributed by atoms with Gasteiger partial charge in [-0.3, -0.25) is 4.40 Å². The lowest BCUT2D eigenvalue weighted by Crippen LogP contribution is -2.07. The van der Waals surface area contributed by atoms with Crippen molar-refractivity contribution in [2.45, 2.75) is 6.92 Å². The number of hydrogen-bond acceptors (Lipinski definition) is 3. The Kier molecular flexibility index (Phi) is 2.53. The molecule has 7 heteroatoms. The van der Waals surface area contributed by atoms with Crippen LogP contribution >= 0.6 is 11.6 Å². The van der Waals surface area contributed by atoms with Crippen molar-refractivity contribution in [2.24, 2.45) is 0 Å². The smallest absolute Gasteiger partial charge is 0.356 e. The average Bonchev–Trinajstić information content (AvgIpc) is 2.90. The van der Waals surface area contributed by atoms with Crippen molar-refractivity contribution in [2.75, 3.05) is 0 Å². The average molecular weight is 277 g/mol. The number of rotatable bonds is 2. The summed E-state index contributed by atoms with van der Waals surface area (Å²) in [5, 5.41) is 14.0. The number of halogens is 1. The number of imidazole rings is 1. The minimum atomic E-state index is -1.07. The molecule has 0 aromatic carbocycles. The number of carboxylic acids is 1. The molecule has 1 N–H and O–H groups in total. The Balaban J connectivity index is 2.34. The molecule has 6 nitrogen and oxygen atoms in total. The maximum Gasteiger partial charge on any atom is 0.356 e. The van der Waals surface area contributed by atoms with E-state index in [0.717, 1.165) is 0 Å². The van der Waals surface area contributed by atoms with Gasteiger partial charge in [-0.05, 0) is 19.1 Å². The van der Waals surface area contributed by atoms with Crippen LogP contribution in [0.15, 0.2) is 30.6 Å². The van der Waals surface area contributed by atoms with Crippen molar-refractivity contribution in [3.63, 3.8) is 0 Å². The molecule has 96 valence electrons. The summed E-state index contributed by atoms with van der Waals surface area (Å²) in [6, 6.07) is 5.26. The van der Waals surface area contributed by atoms with Crippen LogP contribution < -0.4 is 0 Å². The summed E-state index contributed by atoms with van der Waals surface area (Å²) < 4.78 is 2.89. The van der Waals surface area contributed by atoms with E-state index < -0.39 is 5.97 Å². The predicted octanol–water partition coefficient (Wildman–Crippen LogP) is 2.18. The van der Waals surface area contributed by atoms with E-state index in [-0.39, 0.29) is 11.5 Å². The van der Waals surface area contributed by atoms with Gasteiger partial charge in [0, 0.05) is 6.20 Å². The van der Waals surface area contributed by atoms with Gasteiger partial charge in [-0.1, -0.05) is 17.7 Å². The first kappa shape index (κ1) is 11.7. The van der Waals surface area contributed by atoms with Crippen LogP contribution in [0.1, 0.15) is 16.2 Å². The maximum absolute atomic E-state index is 11.4. The van der Waals surface area contributed by atoms with E-state index in [9.17, 15) is 9.90 Å². The molecular formula is C12H9ClN4O2. The molecule has 0 aliphatic heterocycles. The minimum Gasteiger partial charge on any atom is -0.476 e. The third-order valence-electron chi connectivity index (χ3n) is 2.77. The number of aromatic nitrogens is 4. The monoisotopic (exact) mass is 276 g/mol. The van der Waals surface area contributed by atoms with Crippen molar-refractivity contribution in [1.29, 1.82) is 0 Å². The number of aryl methyl sites for hydroxylation is 1. The van der Waals surface area contributed by atoms with E-state index >= 15 is 0 Å². The number of aromatic carboxylic acids is 1. The number of carboxylic acid groups (broad SMARTS) is 1. The molecule has 0 radical (unpaired) electrons. The highest BCUT2D eigenvalue weighted by molar-refractivity contribution is 6.31. The molecule has 0 spiro atoms. The molecule has 0 amide bonds. The maximum atomic E-state index is 11.4. The van der Waals surface area contributed by atoms with Gasteiger partial charge in [-0.2, -0.15) is 5.10 Å². The van der Waals surface area contributed by atoms with Gasteiger partial charge in [-0.25, -0.2) is 14.5 Å². The van der Waals surface area contributed by atoms with Gasteiger partial charge in [0.1, 0.15) is 5.65 Å². The first-order valence-corrected chi connectivity index (χ1v) is 5.88. The van der Waals surface area contributed by atoms with Crippen molar-refractivity contribution < 1.29 is 9.90 Å². The summed E-state index contributed by atoms with van der Waals surface area (Å²) in [6.07, 6.45) is 3.19. The van der Waals surface area contributed by atoms with E-state index in [4.69, 9.17) is 11.6 Å². The molecule has 3 aromatic heterocycles. The summed E-state index contributed by atoms with van der Waals surface area (Å²) in [6.45, 7) is 1.75. The number of fused-ring (bicyclic) bond motifs is 1. The second-order valence-corrected chi connectivity index (χ2v) is 4.43. The molecule has 3 heterocycles. The second-order valence-electron chi connectivity index (χ2n) is 4.03. The lowest BCUT2D eigenvalue weighted by atomic mass is 10.4. The fraction of sp³-hybridized carbons (Fsp3) is 0.0833. The summed E-state index contributed by atoms with van der Waals surface area (Å²) in [5.41, 5.74) is 1.21. The van der Waals surface area contributed by atoms with Crippen LogP contribution in [0, 0.1) is 6.92 Å². The zero-order valence-corrected chi connectivity index (χ0v) is 10.7. The fourth-order valence-electron chi connectivity index (χ4n) is 1.89. The molecule has 0 fully saturated rings. The first-order chi connectivity index (χ1) is 9.08. The molecule has 0 unspecified atom stereocenters. The summed E-state index contributed by atoms with van der Waals surface area (Å²) in [5.74, 6) is -0.827. The standard InChI is InChI=1S/C12H9ClN4O2/c1-7-8(13)6-17(15-7)11-10(12(18)19)16-5-3-2-4-9(16)14-11/h2-6H,1H3,(H,18,19). The SMILES string of the molecule is Cc1nn(-c2nc3ccccn3c2C(=O)O)cc1Cl. The zero-order chi connectivity index (χ0) is 13.6. The summed E-state index contributed by atoms with van der Waals surface area (Å²) >= 11 is 5.94. The summed E-state index contributed by atoms with van der Waals surface area (Å²) in [7, 11) is 0. The third-order valence-corrected chi connectivity index (χ3v) is 3.14. The molecule has 0 aliphatic carbocycles. The fourth-order valence-corrected chi connectivity index (χ4v) is 2.02. The van der Waals surface area contributed by atoms with Crippen molar-refractivity contribution in [3.8, 4) is 5.82 Å². The number of nitrogens with zero attached hydrogens (tertiary/aromatic N) is 4. The highest BCUT2D eigenvalue weighted by Crippen LogP contribution is 2.20. The molecule has 0 bridgehead atoms. The van der Waals surface area contributed by atoms with Crippen molar-refractivity contribution in [3.05, 3.63) is 47.0 Å². The normalized spacial score (nSPS) is 11.1. The van der Waals surface area contributed by atoms with E-state index in [2.05, 4.69) is 10.1 Å². The van der Waals surface area contributed by atoms with Gasteiger partial charge in [0.15, 0.2) is 11.5 Å². The molecule has 0 atom stereocenters. The van der Waals surface area contributed by atoms with E-state index in [1.54, 1.807) is 37.5 Å². The van der Waals surface area contributed by atoms with E-state index in [1.165, 1.54) is 9.08 Å². The molecule has 3 aromatic rings. The van der Waals surface area contributed by atoms with Crippen LogP contribution in [0.4, 0.5) is 0 Å². The Labute approximate surface area is 112 Å². The number of pyridine rings is 1. The van der Waals surface area contributed by atoms with Crippen LogP contribution in [0.25, 0.3) is 11.5 Å². The lowest BCUT2D eigenvalue weighted by Gasteiger charge is -1.99.